The molecule has 0 unspecified atom stereocenters. The number of ether oxygens (including phenoxy) is 1. The molecule has 0 N–H and O–H groups in total. The molecule has 0 aromatic heterocycles. The van der Waals surface area contributed by atoms with Crippen LogP contribution in [0.15, 0.2) is 48.5 Å². The van der Waals surface area contributed by atoms with Gasteiger partial charge in [0.15, 0.2) is 0 Å². The van der Waals surface area contributed by atoms with Gasteiger partial charge in [-0.15, -0.1) is 0 Å². The highest BCUT2D eigenvalue weighted by atomic mass is 16.5. The number of hydrogen-bond acceptors (Lipinski definition) is 3. The molecule has 0 saturated heterocycles. The van der Waals surface area contributed by atoms with E-state index in [-0.39, 0.29) is 0 Å². The number of carbonyl (C=O) groups excluding carboxylic acids is 1. The van der Waals surface area contributed by atoms with Crippen molar-refractivity contribution in [1.29, 1.82) is 5.26 Å². The van der Waals surface area contributed by atoms with E-state index in [4.69, 9.17) is 10.00 Å². The van der Waals surface area contributed by atoms with Gasteiger partial charge < -0.3 is 4.74 Å². The molecule has 0 saturated carbocycles. The molecule has 0 radical (unpaired) electrons. The summed E-state index contributed by atoms with van der Waals surface area (Å²) in [7, 11) is 0. The molecule has 2 aromatic carbocycles. The maximum absolute atomic E-state index is 10.5. The fourth-order valence-electron chi connectivity index (χ4n) is 1.51. The summed E-state index contributed by atoms with van der Waals surface area (Å²) < 4.78 is 5.57. The van der Waals surface area contributed by atoms with Crippen molar-refractivity contribution in [3.8, 4) is 11.8 Å². The number of hydrogen-bond donors (Lipinski definition) is 0. The zero-order valence-electron chi connectivity index (χ0n) is 9.67. The van der Waals surface area contributed by atoms with Gasteiger partial charge in [0.1, 0.15) is 18.6 Å². The van der Waals surface area contributed by atoms with Crippen LogP contribution < -0.4 is 4.74 Å². The van der Waals surface area contributed by atoms with Gasteiger partial charge in [0.25, 0.3) is 0 Å². The van der Waals surface area contributed by atoms with Crippen LogP contribution in [-0.4, -0.2) is 6.29 Å². The third kappa shape index (κ3) is 2.96. The number of nitriles is 1. The minimum absolute atomic E-state index is 0.411. The minimum atomic E-state index is 0.411. The van der Waals surface area contributed by atoms with Crippen molar-refractivity contribution in [2.24, 2.45) is 0 Å². The molecule has 0 aliphatic heterocycles. The van der Waals surface area contributed by atoms with Gasteiger partial charge in [-0.25, -0.2) is 0 Å². The molecule has 88 valence electrons. The highest BCUT2D eigenvalue weighted by molar-refractivity contribution is 5.74. The molecule has 0 spiro atoms. The fourth-order valence-corrected chi connectivity index (χ4v) is 1.51. The van der Waals surface area contributed by atoms with Crippen LogP contribution in [0.25, 0.3) is 0 Å². The summed E-state index contributed by atoms with van der Waals surface area (Å²) in [6, 6.07) is 16.3. The number of carbonyl (C=O) groups is 1. The van der Waals surface area contributed by atoms with E-state index in [0.717, 1.165) is 11.8 Å². The Balaban J connectivity index is 2.02. The molecular formula is C15H11NO2. The van der Waals surface area contributed by atoms with Crippen molar-refractivity contribution in [2.75, 3.05) is 0 Å². The molecule has 0 fully saturated rings. The van der Waals surface area contributed by atoms with Crippen LogP contribution in [0.4, 0.5) is 0 Å². The van der Waals surface area contributed by atoms with Crippen LogP contribution in [-0.2, 0) is 6.61 Å². The summed E-state index contributed by atoms with van der Waals surface area (Å²) in [5.74, 6) is 0.661. The summed E-state index contributed by atoms with van der Waals surface area (Å²) >= 11 is 0. The molecule has 2 rings (SSSR count). The number of benzene rings is 2. The van der Waals surface area contributed by atoms with Gasteiger partial charge in [-0.1, -0.05) is 30.3 Å². The quantitative estimate of drug-likeness (QED) is 0.768. The SMILES string of the molecule is N#Cc1cccc(OCc2ccc(C=O)cc2)c1. The number of rotatable bonds is 4. The van der Waals surface area contributed by atoms with E-state index in [1.54, 1.807) is 36.4 Å². The van der Waals surface area contributed by atoms with E-state index in [9.17, 15) is 4.79 Å². The molecule has 3 heteroatoms. The standard InChI is InChI=1S/C15H11NO2/c16-9-14-2-1-3-15(8-14)18-11-13-6-4-12(10-17)5-7-13/h1-8,10H,11H2. The highest BCUT2D eigenvalue weighted by Gasteiger charge is 1.98. The van der Waals surface area contributed by atoms with Gasteiger partial charge in [-0.3, -0.25) is 4.79 Å². The van der Waals surface area contributed by atoms with Gasteiger partial charge in [0.2, 0.25) is 0 Å². The van der Waals surface area contributed by atoms with E-state index >= 15 is 0 Å². The largest absolute Gasteiger partial charge is 0.489 e. The molecule has 18 heavy (non-hydrogen) atoms. The van der Waals surface area contributed by atoms with E-state index in [2.05, 4.69) is 6.07 Å². The Morgan fingerprint density at radius 1 is 1.17 bits per heavy atom. The molecule has 2 aromatic rings. The lowest BCUT2D eigenvalue weighted by Crippen LogP contribution is -1.95. The van der Waals surface area contributed by atoms with Crippen LogP contribution >= 0.6 is 0 Å². The number of aldehydes is 1. The van der Waals surface area contributed by atoms with Crippen molar-refractivity contribution in [3.63, 3.8) is 0 Å². The molecule has 0 atom stereocenters. The molecule has 0 bridgehead atoms. The van der Waals surface area contributed by atoms with Crippen molar-refractivity contribution < 1.29 is 9.53 Å². The molecule has 0 aliphatic carbocycles. The van der Waals surface area contributed by atoms with Crippen LogP contribution in [0.5, 0.6) is 5.75 Å². The zero-order chi connectivity index (χ0) is 12.8. The average molecular weight is 237 g/mol. The van der Waals surface area contributed by atoms with Crippen LogP contribution in [0.2, 0.25) is 0 Å². The molecule has 0 heterocycles. The Labute approximate surface area is 105 Å². The number of nitrogens with zero attached hydrogens (tertiary/aromatic N) is 1. The second-order valence-electron chi connectivity index (χ2n) is 3.79. The summed E-state index contributed by atoms with van der Waals surface area (Å²) in [4.78, 5) is 10.5. The van der Waals surface area contributed by atoms with Crippen molar-refractivity contribution >= 4 is 6.29 Å². The Morgan fingerprint density at radius 2 is 1.94 bits per heavy atom. The summed E-state index contributed by atoms with van der Waals surface area (Å²) in [5.41, 5.74) is 2.19. The third-order valence-electron chi connectivity index (χ3n) is 2.48. The van der Waals surface area contributed by atoms with Crippen molar-refractivity contribution in [1.82, 2.24) is 0 Å². The van der Waals surface area contributed by atoms with E-state index in [1.165, 1.54) is 0 Å². The van der Waals surface area contributed by atoms with Crippen LogP contribution in [0, 0.1) is 11.3 Å². The Kier molecular flexibility index (Phi) is 3.72. The summed E-state index contributed by atoms with van der Waals surface area (Å²) in [6.07, 6.45) is 0.807. The van der Waals surface area contributed by atoms with E-state index in [0.29, 0.717) is 23.5 Å². The lowest BCUT2D eigenvalue weighted by molar-refractivity contribution is 0.112. The maximum Gasteiger partial charge on any atom is 0.150 e. The van der Waals surface area contributed by atoms with Gasteiger partial charge in [0, 0.05) is 5.56 Å². The zero-order valence-corrected chi connectivity index (χ0v) is 9.67. The van der Waals surface area contributed by atoms with Gasteiger partial charge in [-0.2, -0.15) is 5.26 Å². The van der Waals surface area contributed by atoms with Crippen molar-refractivity contribution in [3.05, 3.63) is 65.2 Å². The Bertz CT molecular complexity index is 582. The molecule has 3 nitrogen and oxygen atoms in total. The van der Waals surface area contributed by atoms with Crippen LogP contribution in [0.1, 0.15) is 21.5 Å². The van der Waals surface area contributed by atoms with E-state index in [1.807, 2.05) is 12.1 Å². The predicted molar refractivity (Wildman–Crippen MR) is 67.3 cm³/mol. The first kappa shape index (κ1) is 11.9. The second-order valence-corrected chi connectivity index (χ2v) is 3.79. The summed E-state index contributed by atoms with van der Waals surface area (Å²) in [6.45, 7) is 0.411. The first-order valence-electron chi connectivity index (χ1n) is 5.49. The van der Waals surface area contributed by atoms with Gasteiger partial charge in [-0.05, 0) is 23.8 Å². The third-order valence-corrected chi connectivity index (χ3v) is 2.48. The lowest BCUT2D eigenvalue weighted by atomic mass is 10.1. The Morgan fingerprint density at radius 3 is 2.61 bits per heavy atom. The topological polar surface area (TPSA) is 50.1 Å². The Hall–Kier alpha value is -2.60. The minimum Gasteiger partial charge on any atom is -0.489 e. The van der Waals surface area contributed by atoms with Crippen LogP contribution in [0.3, 0.4) is 0 Å². The van der Waals surface area contributed by atoms with Gasteiger partial charge in [0.05, 0.1) is 11.6 Å². The monoisotopic (exact) mass is 237 g/mol. The van der Waals surface area contributed by atoms with Gasteiger partial charge >= 0.3 is 0 Å². The maximum atomic E-state index is 10.5. The predicted octanol–water partition coefficient (Wildman–Crippen LogP) is 2.95. The normalized spacial score (nSPS) is 9.50. The van der Waals surface area contributed by atoms with E-state index < -0.39 is 0 Å². The second kappa shape index (κ2) is 5.65. The highest BCUT2D eigenvalue weighted by Crippen LogP contribution is 2.14. The lowest BCUT2D eigenvalue weighted by Gasteiger charge is -2.06. The smallest absolute Gasteiger partial charge is 0.150 e. The first-order chi connectivity index (χ1) is 8.81. The first-order valence-corrected chi connectivity index (χ1v) is 5.49. The van der Waals surface area contributed by atoms with Crippen molar-refractivity contribution in [2.45, 2.75) is 6.61 Å². The summed E-state index contributed by atoms with van der Waals surface area (Å²) in [5, 5.41) is 8.77. The molecule has 0 amide bonds. The molecule has 0 aliphatic rings. The molecular weight excluding hydrogens is 226 g/mol. The average Bonchev–Trinajstić information content (AvgIpc) is 2.46. The fraction of sp³-hybridized carbons (Fsp3) is 0.0667.